The van der Waals surface area contributed by atoms with Gasteiger partial charge < -0.3 is 10.6 Å². The number of piperidine rings is 1. The van der Waals surface area contributed by atoms with Crippen molar-refractivity contribution in [1.29, 1.82) is 5.26 Å². The molecule has 2 aromatic rings. The number of pyridine rings is 1. The molecule has 2 aliphatic rings. The van der Waals surface area contributed by atoms with Gasteiger partial charge in [0.05, 0.1) is 11.3 Å². The average Bonchev–Trinajstić information content (AvgIpc) is 2.77. The maximum atomic E-state index is 12.6. The average molecular weight is 374 g/mol. The molecule has 0 radical (unpaired) electrons. The second-order valence-corrected chi connectivity index (χ2v) is 7.79. The van der Waals surface area contributed by atoms with Crippen LogP contribution in [0.15, 0.2) is 30.3 Å². The van der Waals surface area contributed by atoms with Gasteiger partial charge in [0.15, 0.2) is 0 Å². The van der Waals surface area contributed by atoms with Crippen LogP contribution in [0.2, 0.25) is 0 Å². The lowest BCUT2D eigenvalue weighted by Gasteiger charge is -2.22. The van der Waals surface area contributed by atoms with Crippen molar-refractivity contribution in [2.45, 2.75) is 38.5 Å². The number of carbonyl (C=O) groups excluding carboxylic acids is 1. The summed E-state index contributed by atoms with van der Waals surface area (Å²) in [4.78, 5) is 17.5. The summed E-state index contributed by atoms with van der Waals surface area (Å²) in [6.45, 7) is 2.76. The number of nitrogens with one attached hydrogen (secondary N) is 2. The van der Waals surface area contributed by atoms with Gasteiger partial charge in [-0.3, -0.25) is 9.78 Å². The Bertz CT molecular complexity index is 909. The first-order valence-electron chi connectivity index (χ1n) is 10.3. The summed E-state index contributed by atoms with van der Waals surface area (Å²) in [6.07, 6.45) is 6.47. The molecular weight excluding hydrogens is 348 g/mol. The third-order valence-electron chi connectivity index (χ3n) is 5.83. The van der Waals surface area contributed by atoms with Gasteiger partial charge in [-0.2, -0.15) is 5.26 Å². The van der Waals surface area contributed by atoms with Crippen molar-refractivity contribution in [1.82, 2.24) is 15.6 Å². The van der Waals surface area contributed by atoms with E-state index in [1.807, 2.05) is 30.3 Å². The minimum Gasteiger partial charge on any atom is -0.352 e. The number of nitrogens with zero attached hydrogens (tertiary/aromatic N) is 2. The molecule has 1 saturated heterocycles. The lowest BCUT2D eigenvalue weighted by atomic mass is 9.93. The second-order valence-electron chi connectivity index (χ2n) is 7.79. The monoisotopic (exact) mass is 374 g/mol. The van der Waals surface area contributed by atoms with Crippen molar-refractivity contribution in [3.63, 3.8) is 0 Å². The zero-order chi connectivity index (χ0) is 19.3. The Morgan fingerprint density at radius 1 is 1.21 bits per heavy atom. The Labute approximate surface area is 166 Å². The van der Waals surface area contributed by atoms with Crippen molar-refractivity contribution in [2.75, 3.05) is 19.6 Å². The lowest BCUT2D eigenvalue weighted by molar-refractivity contribution is 0.0944. The third kappa shape index (κ3) is 4.07. The second kappa shape index (κ2) is 8.53. The van der Waals surface area contributed by atoms with Gasteiger partial charge in [0.2, 0.25) is 0 Å². The van der Waals surface area contributed by atoms with Crippen LogP contribution in [-0.2, 0) is 12.8 Å². The fourth-order valence-electron chi connectivity index (χ4n) is 4.17. The summed E-state index contributed by atoms with van der Waals surface area (Å²) in [5.41, 5.74) is 5.03. The van der Waals surface area contributed by atoms with E-state index in [2.05, 4.69) is 16.7 Å². The Morgan fingerprint density at radius 2 is 2.04 bits per heavy atom. The largest absolute Gasteiger partial charge is 0.352 e. The molecule has 2 N–H and O–H groups in total. The van der Waals surface area contributed by atoms with E-state index in [-0.39, 0.29) is 5.91 Å². The van der Waals surface area contributed by atoms with Crippen LogP contribution in [0.25, 0.3) is 11.3 Å². The molecule has 5 heteroatoms. The molecular formula is C23H26N4O. The molecule has 28 heavy (non-hydrogen) atoms. The number of fused-ring (bicyclic) bond motifs is 1. The van der Waals surface area contributed by atoms with Crippen LogP contribution in [-0.4, -0.2) is 30.5 Å². The smallest absolute Gasteiger partial charge is 0.251 e. The van der Waals surface area contributed by atoms with Crippen molar-refractivity contribution in [3.05, 3.63) is 52.7 Å². The third-order valence-corrected chi connectivity index (χ3v) is 5.83. The highest BCUT2D eigenvalue weighted by Gasteiger charge is 2.18. The number of nitriles is 1. The molecule has 1 aliphatic heterocycles. The minimum absolute atomic E-state index is 0.0585. The fraction of sp³-hybridized carbons (Fsp3) is 0.435. The van der Waals surface area contributed by atoms with E-state index in [9.17, 15) is 10.1 Å². The molecule has 5 nitrogen and oxygen atoms in total. The van der Waals surface area contributed by atoms with E-state index in [1.165, 1.54) is 5.56 Å². The Kier molecular flexibility index (Phi) is 5.68. The first kappa shape index (κ1) is 18.6. The van der Waals surface area contributed by atoms with Crippen molar-refractivity contribution >= 4 is 5.91 Å². The minimum atomic E-state index is -0.0585. The number of aryl methyl sites for hydroxylation is 2. The van der Waals surface area contributed by atoms with Crippen LogP contribution < -0.4 is 10.6 Å². The van der Waals surface area contributed by atoms with E-state index in [0.29, 0.717) is 29.3 Å². The number of carbonyl (C=O) groups is 1. The highest BCUT2D eigenvalue weighted by Crippen LogP contribution is 2.28. The summed E-state index contributed by atoms with van der Waals surface area (Å²) < 4.78 is 0. The molecule has 1 aliphatic carbocycles. The van der Waals surface area contributed by atoms with E-state index < -0.39 is 0 Å². The zero-order valence-electron chi connectivity index (χ0n) is 16.1. The molecule has 0 spiro atoms. The summed E-state index contributed by atoms with van der Waals surface area (Å²) in [5.74, 6) is 0.484. The number of amides is 1. The number of rotatable bonds is 4. The van der Waals surface area contributed by atoms with Crippen LogP contribution in [0.5, 0.6) is 0 Å². The molecule has 4 rings (SSSR count). The Hall–Kier alpha value is -2.71. The van der Waals surface area contributed by atoms with Crippen molar-refractivity contribution in [2.24, 2.45) is 5.92 Å². The van der Waals surface area contributed by atoms with Crippen molar-refractivity contribution in [3.8, 4) is 17.3 Å². The molecule has 1 aromatic heterocycles. The van der Waals surface area contributed by atoms with Gasteiger partial charge >= 0.3 is 0 Å². The summed E-state index contributed by atoms with van der Waals surface area (Å²) in [5, 5.41) is 16.0. The maximum Gasteiger partial charge on any atom is 0.251 e. The topological polar surface area (TPSA) is 77.8 Å². The van der Waals surface area contributed by atoms with Crippen LogP contribution in [0.1, 0.15) is 52.9 Å². The van der Waals surface area contributed by atoms with E-state index in [4.69, 9.17) is 4.98 Å². The first-order valence-corrected chi connectivity index (χ1v) is 10.3. The van der Waals surface area contributed by atoms with Gasteiger partial charge in [-0.1, -0.05) is 12.1 Å². The van der Waals surface area contributed by atoms with Gasteiger partial charge in [0.1, 0.15) is 6.07 Å². The molecule has 0 unspecified atom stereocenters. The van der Waals surface area contributed by atoms with Gasteiger partial charge in [-0.05, 0) is 81.3 Å². The van der Waals surface area contributed by atoms with Crippen LogP contribution >= 0.6 is 0 Å². The molecule has 1 fully saturated rings. The van der Waals surface area contributed by atoms with E-state index >= 15 is 0 Å². The SMILES string of the molecule is N#Cc1cc2c(nc1-c1cccc(C(=O)NCC3CCNCC3)c1)CCCC2. The predicted molar refractivity (Wildman–Crippen MR) is 109 cm³/mol. The molecule has 0 saturated carbocycles. The summed E-state index contributed by atoms with van der Waals surface area (Å²) in [6, 6.07) is 11.8. The van der Waals surface area contributed by atoms with Gasteiger partial charge in [0, 0.05) is 23.4 Å². The number of benzene rings is 1. The fourth-order valence-corrected chi connectivity index (χ4v) is 4.17. The van der Waals surface area contributed by atoms with Gasteiger partial charge in [-0.15, -0.1) is 0 Å². The maximum absolute atomic E-state index is 12.6. The zero-order valence-corrected chi connectivity index (χ0v) is 16.1. The molecule has 144 valence electrons. The molecule has 1 amide bonds. The summed E-state index contributed by atoms with van der Waals surface area (Å²) in [7, 11) is 0. The van der Waals surface area contributed by atoms with Crippen LogP contribution in [0, 0.1) is 17.2 Å². The highest BCUT2D eigenvalue weighted by molar-refractivity contribution is 5.95. The first-order chi connectivity index (χ1) is 13.7. The highest BCUT2D eigenvalue weighted by atomic mass is 16.1. The lowest BCUT2D eigenvalue weighted by Crippen LogP contribution is -2.35. The van der Waals surface area contributed by atoms with Crippen LogP contribution in [0.3, 0.4) is 0 Å². The number of hydrogen-bond donors (Lipinski definition) is 2. The Balaban J connectivity index is 1.55. The van der Waals surface area contributed by atoms with E-state index in [0.717, 1.165) is 62.9 Å². The Morgan fingerprint density at radius 3 is 2.86 bits per heavy atom. The predicted octanol–water partition coefficient (Wildman–Crippen LogP) is 3.23. The van der Waals surface area contributed by atoms with Crippen LogP contribution in [0.4, 0.5) is 0 Å². The summed E-state index contributed by atoms with van der Waals surface area (Å²) >= 11 is 0. The van der Waals surface area contributed by atoms with E-state index in [1.54, 1.807) is 0 Å². The quantitative estimate of drug-likeness (QED) is 0.861. The molecule has 1 aromatic carbocycles. The van der Waals surface area contributed by atoms with Gasteiger partial charge in [0.25, 0.3) is 5.91 Å². The van der Waals surface area contributed by atoms with Crippen molar-refractivity contribution < 1.29 is 4.79 Å². The van der Waals surface area contributed by atoms with Gasteiger partial charge in [-0.25, -0.2) is 0 Å². The molecule has 2 heterocycles. The normalized spacial score (nSPS) is 16.8. The number of hydrogen-bond acceptors (Lipinski definition) is 4. The molecule has 0 bridgehead atoms. The molecule has 0 atom stereocenters. The standard InChI is InChI=1S/C23H26N4O/c24-14-20-12-17-4-1-2-7-21(17)27-22(20)18-5-3-6-19(13-18)23(28)26-15-16-8-10-25-11-9-16/h3,5-6,12-13,16,25H,1-2,4,7-11,15H2,(H,26,28). The number of aromatic nitrogens is 1.